The van der Waals surface area contributed by atoms with Crippen LogP contribution in [-0.2, 0) is 19.8 Å². The average Bonchev–Trinajstić information content (AvgIpc) is 2.41. The highest BCUT2D eigenvalue weighted by Gasteiger charge is 2.38. The summed E-state index contributed by atoms with van der Waals surface area (Å²) in [5.74, 6) is 0.560. The van der Waals surface area contributed by atoms with Crippen LogP contribution in [0.1, 0.15) is 25.3 Å². The molecule has 18 heavy (non-hydrogen) atoms. The molecule has 0 spiro atoms. The lowest BCUT2D eigenvalue weighted by Crippen LogP contribution is -2.47. The maximum Gasteiger partial charge on any atom is 0.506 e. The van der Waals surface area contributed by atoms with Crippen molar-refractivity contribution in [1.82, 2.24) is 0 Å². The van der Waals surface area contributed by atoms with Crippen LogP contribution < -0.4 is 4.57 Å². The molecule has 0 aliphatic rings. The molecule has 1 aromatic heterocycles. The van der Waals surface area contributed by atoms with E-state index in [2.05, 4.69) is 42.9 Å². The van der Waals surface area contributed by atoms with Crippen LogP contribution in [0.4, 0.5) is 0 Å². The number of hydrogen-bond acceptors (Lipinski definition) is 3. The van der Waals surface area contributed by atoms with E-state index in [-0.39, 0.29) is 0 Å². The Hall–Kier alpha value is -0.753. The van der Waals surface area contributed by atoms with E-state index in [1.807, 2.05) is 0 Å². The van der Waals surface area contributed by atoms with Crippen molar-refractivity contribution in [2.24, 2.45) is 0 Å². The van der Waals surface area contributed by atoms with E-state index in [9.17, 15) is 0 Å². The molecule has 0 aliphatic heterocycles. The van der Waals surface area contributed by atoms with E-state index < -0.39 is 8.80 Å². The summed E-state index contributed by atoms with van der Waals surface area (Å²) in [6, 6.07) is 5.07. The van der Waals surface area contributed by atoms with E-state index >= 15 is 0 Å². The normalized spacial score (nSPS) is 12.1. The third kappa shape index (κ3) is 3.88. The fourth-order valence-corrected chi connectivity index (χ4v) is 3.47. The van der Waals surface area contributed by atoms with Gasteiger partial charge in [-0.05, 0) is 11.5 Å². The second-order valence-electron chi connectivity index (χ2n) is 4.57. The lowest BCUT2D eigenvalue weighted by Gasteiger charge is -2.22. The number of aromatic nitrogens is 1. The zero-order valence-electron chi connectivity index (χ0n) is 12.0. The Bertz CT molecular complexity index is 341. The summed E-state index contributed by atoms with van der Waals surface area (Å²) >= 11 is 0. The molecule has 1 rings (SSSR count). The van der Waals surface area contributed by atoms with E-state index in [4.69, 9.17) is 13.3 Å². The minimum Gasteiger partial charge on any atom is -0.377 e. The predicted molar refractivity (Wildman–Crippen MR) is 72.3 cm³/mol. The highest BCUT2D eigenvalue weighted by Crippen LogP contribution is 2.13. The molecule has 4 nitrogen and oxygen atoms in total. The first-order valence-electron chi connectivity index (χ1n) is 6.21. The van der Waals surface area contributed by atoms with Gasteiger partial charge in [-0.3, -0.25) is 0 Å². The number of aryl methyl sites for hydroxylation is 1. The highest BCUT2D eigenvalue weighted by molar-refractivity contribution is 6.60. The maximum absolute atomic E-state index is 5.40. The molecule has 102 valence electrons. The highest BCUT2D eigenvalue weighted by atomic mass is 28.4. The van der Waals surface area contributed by atoms with Gasteiger partial charge in [0.15, 0.2) is 18.9 Å². The molecule has 0 radical (unpaired) electrons. The van der Waals surface area contributed by atoms with E-state index in [1.165, 1.54) is 5.56 Å². The molecule has 0 unspecified atom stereocenters. The fraction of sp³-hybridized carbons (Fsp3) is 0.615. The minimum atomic E-state index is -2.46. The molecule has 0 amide bonds. The zero-order chi connectivity index (χ0) is 13.6. The van der Waals surface area contributed by atoms with Gasteiger partial charge in [-0.25, -0.2) is 4.57 Å². The SMILES string of the molecule is CO[Si](CC[n+]1ccc(C(C)C)cc1)(OC)OC. The third-order valence-corrected chi connectivity index (χ3v) is 5.89. The van der Waals surface area contributed by atoms with Crippen molar-refractivity contribution in [3.05, 3.63) is 30.1 Å². The second kappa shape index (κ2) is 6.99. The summed E-state index contributed by atoms with van der Waals surface area (Å²) in [5, 5.41) is 0. The van der Waals surface area contributed by atoms with Crippen molar-refractivity contribution in [2.75, 3.05) is 21.3 Å². The first-order valence-corrected chi connectivity index (χ1v) is 8.14. The standard InChI is InChI=1S/C13H24NO3Si/c1-12(2)13-6-8-14(9-7-13)10-11-18(15-3,16-4)17-5/h6-9,12H,10-11H2,1-5H3/q+1. The molecule has 0 N–H and O–H groups in total. The summed E-state index contributed by atoms with van der Waals surface area (Å²) in [6.07, 6.45) is 4.19. The minimum absolute atomic E-state index is 0.560. The predicted octanol–water partition coefficient (Wildman–Crippen LogP) is 1.98. The Morgan fingerprint density at radius 3 is 1.94 bits per heavy atom. The van der Waals surface area contributed by atoms with Crippen LogP contribution in [0.15, 0.2) is 24.5 Å². The van der Waals surface area contributed by atoms with Crippen LogP contribution in [-0.4, -0.2) is 30.1 Å². The fourth-order valence-electron chi connectivity index (χ4n) is 1.83. The van der Waals surface area contributed by atoms with Crippen molar-refractivity contribution in [3.63, 3.8) is 0 Å². The molecule has 0 aliphatic carbocycles. The Morgan fingerprint density at radius 1 is 1.06 bits per heavy atom. The van der Waals surface area contributed by atoms with Gasteiger partial charge in [0.2, 0.25) is 0 Å². The van der Waals surface area contributed by atoms with Gasteiger partial charge in [-0.15, -0.1) is 0 Å². The van der Waals surface area contributed by atoms with E-state index in [1.54, 1.807) is 21.3 Å². The van der Waals surface area contributed by atoms with Gasteiger partial charge < -0.3 is 13.3 Å². The molecule has 0 saturated heterocycles. The summed E-state index contributed by atoms with van der Waals surface area (Å²) in [5.41, 5.74) is 1.35. The monoisotopic (exact) mass is 270 g/mol. The molecule has 0 saturated carbocycles. The third-order valence-electron chi connectivity index (χ3n) is 3.19. The Morgan fingerprint density at radius 2 is 1.56 bits per heavy atom. The van der Waals surface area contributed by atoms with Crippen LogP contribution in [0, 0.1) is 0 Å². The maximum atomic E-state index is 5.40. The van der Waals surface area contributed by atoms with Gasteiger partial charge in [0.05, 0.1) is 6.04 Å². The van der Waals surface area contributed by atoms with Gasteiger partial charge in [0.25, 0.3) is 0 Å². The van der Waals surface area contributed by atoms with E-state index in [0.717, 1.165) is 12.6 Å². The molecular formula is C13H24NO3Si+. The summed E-state index contributed by atoms with van der Waals surface area (Å²) in [6.45, 7) is 5.22. The first-order chi connectivity index (χ1) is 8.56. The van der Waals surface area contributed by atoms with Gasteiger partial charge in [-0.1, -0.05) is 13.8 Å². The zero-order valence-corrected chi connectivity index (χ0v) is 13.0. The Labute approximate surface area is 111 Å². The summed E-state index contributed by atoms with van der Waals surface area (Å²) < 4.78 is 18.3. The van der Waals surface area contributed by atoms with Crippen molar-refractivity contribution in [1.29, 1.82) is 0 Å². The number of hydrogen-bond donors (Lipinski definition) is 0. The second-order valence-corrected chi connectivity index (χ2v) is 7.66. The molecule has 0 fully saturated rings. The molecule has 0 atom stereocenters. The molecule has 1 aromatic rings. The van der Waals surface area contributed by atoms with Crippen molar-refractivity contribution >= 4 is 8.80 Å². The van der Waals surface area contributed by atoms with Crippen molar-refractivity contribution < 1.29 is 17.8 Å². The van der Waals surface area contributed by atoms with Gasteiger partial charge in [0, 0.05) is 33.5 Å². The lowest BCUT2D eigenvalue weighted by atomic mass is 10.1. The molecule has 0 bridgehead atoms. The van der Waals surface area contributed by atoms with Gasteiger partial charge in [0.1, 0.15) is 0 Å². The van der Waals surface area contributed by atoms with Crippen LogP contribution in [0.5, 0.6) is 0 Å². The van der Waals surface area contributed by atoms with E-state index in [0.29, 0.717) is 5.92 Å². The number of rotatable bonds is 7. The number of pyridine rings is 1. The topological polar surface area (TPSA) is 31.6 Å². The quantitative estimate of drug-likeness (QED) is 0.561. The molecule has 1 heterocycles. The summed E-state index contributed by atoms with van der Waals surface area (Å²) in [4.78, 5) is 0. The molecule has 0 aromatic carbocycles. The number of nitrogens with zero attached hydrogens (tertiary/aromatic N) is 1. The van der Waals surface area contributed by atoms with Crippen molar-refractivity contribution in [3.8, 4) is 0 Å². The van der Waals surface area contributed by atoms with Crippen molar-refractivity contribution in [2.45, 2.75) is 32.4 Å². The van der Waals surface area contributed by atoms with Crippen LogP contribution in [0.25, 0.3) is 0 Å². The Balaban J connectivity index is 2.62. The van der Waals surface area contributed by atoms with Crippen LogP contribution in [0.3, 0.4) is 0 Å². The van der Waals surface area contributed by atoms with Crippen LogP contribution in [0.2, 0.25) is 6.04 Å². The first kappa shape index (κ1) is 15.3. The Kier molecular flexibility index (Phi) is 5.94. The van der Waals surface area contributed by atoms with Gasteiger partial charge >= 0.3 is 8.80 Å². The molecular weight excluding hydrogens is 246 g/mol. The largest absolute Gasteiger partial charge is 0.506 e. The molecule has 5 heteroatoms. The smallest absolute Gasteiger partial charge is 0.377 e. The van der Waals surface area contributed by atoms with Crippen LogP contribution >= 0.6 is 0 Å². The summed E-state index contributed by atoms with van der Waals surface area (Å²) in [7, 11) is 2.48. The van der Waals surface area contributed by atoms with Gasteiger partial charge in [-0.2, -0.15) is 0 Å². The average molecular weight is 270 g/mol. The lowest BCUT2D eigenvalue weighted by molar-refractivity contribution is -0.694.